The first kappa shape index (κ1) is 13.2. The summed E-state index contributed by atoms with van der Waals surface area (Å²) < 4.78 is 0. The third-order valence-electron chi connectivity index (χ3n) is 2.48. The molecular weight excluding hydrogens is 198 g/mol. The lowest BCUT2D eigenvalue weighted by molar-refractivity contribution is 0.400. The highest BCUT2D eigenvalue weighted by Gasteiger charge is 2.01. The van der Waals surface area contributed by atoms with Gasteiger partial charge in [0.25, 0.3) is 0 Å². The van der Waals surface area contributed by atoms with Gasteiger partial charge in [0.2, 0.25) is 0 Å². The van der Waals surface area contributed by atoms with E-state index in [1.807, 2.05) is 0 Å². The molecule has 0 spiro atoms. The highest BCUT2D eigenvalue weighted by atomic mass is 15.0. The zero-order chi connectivity index (χ0) is 11.8. The normalized spacial score (nSPS) is 11.0. The Hall–Kier alpha value is -0.900. The number of nitrogens with one attached hydrogen (secondary N) is 1. The first-order valence-electron chi connectivity index (χ1n) is 5.86. The van der Waals surface area contributed by atoms with Gasteiger partial charge in [-0.15, -0.1) is 0 Å². The van der Waals surface area contributed by atoms with E-state index in [1.54, 1.807) is 0 Å². The van der Waals surface area contributed by atoms with E-state index in [-0.39, 0.29) is 0 Å². The van der Waals surface area contributed by atoms with Crippen molar-refractivity contribution in [3.05, 3.63) is 35.4 Å². The molecule has 0 bridgehead atoms. The molecule has 0 saturated heterocycles. The second kappa shape index (κ2) is 7.39. The van der Waals surface area contributed by atoms with E-state index in [9.17, 15) is 0 Å². The fraction of sp³-hybridized carbons (Fsp3) is 0.538. The highest BCUT2D eigenvalue weighted by molar-refractivity contribution is 5.26. The van der Waals surface area contributed by atoms with Crippen molar-refractivity contribution >= 4 is 0 Å². The second-order valence-corrected chi connectivity index (χ2v) is 4.33. The summed E-state index contributed by atoms with van der Waals surface area (Å²) in [7, 11) is 4.19. The van der Waals surface area contributed by atoms with Crippen LogP contribution in [0.2, 0.25) is 0 Å². The number of nitrogens with two attached hydrogens (primary N) is 1. The van der Waals surface area contributed by atoms with Crippen LogP contribution >= 0.6 is 0 Å². The minimum Gasteiger partial charge on any atom is -0.330 e. The zero-order valence-corrected chi connectivity index (χ0v) is 10.4. The topological polar surface area (TPSA) is 41.3 Å². The van der Waals surface area contributed by atoms with Gasteiger partial charge in [-0.2, -0.15) is 0 Å². The van der Waals surface area contributed by atoms with Crippen molar-refractivity contribution in [2.24, 2.45) is 5.73 Å². The Morgan fingerprint density at radius 3 is 2.50 bits per heavy atom. The van der Waals surface area contributed by atoms with Gasteiger partial charge in [0, 0.05) is 13.1 Å². The molecule has 90 valence electrons. The fourth-order valence-electron chi connectivity index (χ4n) is 1.68. The van der Waals surface area contributed by atoms with E-state index in [0.717, 1.165) is 32.6 Å². The Kier molecular flexibility index (Phi) is 6.08. The van der Waals surface area contributed by atoms with Crippen molar-refractivity contribution in [1.29, 1.82) is 0 Å². The van der Waals surface area contributed by atoms with E-state index < -0.39 is 0 Å². The summed E-state index contributed by atoms with van der Waals surface area (Å²) in [4.78, 5) is 2.19. The largest absolute Gasteiger partial charge is 0.330 e. The van der Waals surface area contributed by atoms with Crippen molar-refractivity contribution < 1.29 is 0 Å². The van der Waals surface area contributed by atoms with Crippen LogP contribution in [-0.2, 0) is 13.1 Å². The maximum absolute atomic E-state index is 5.46. The van der Waals surface area contributed by atoms with Gasteiger partial charge in [-0.25, -0.2) is 0 Å². The smallest absolute Gasteiger partial charge is 0.0230 e. The molecule has 0 aliphatic carbocycles. The molecule has 3 heteroatoms. The lowest BCUT2D eigenvalue weighted by atomic mass is 10.1. The lowest BCUT2D eigenvalue weighted by Crippen LogP contribution is -2.20. The molecule has 0 aliphatic heterocycles. The molecule has 16 heavy (non-hydrogen) atoms. The monoisotopic (exact) mass is 221 g/mol. The maximum atomic E-state index is 5.46. The summed E-state index contributed by atoms with van der Waals surface area (Å²) in [5, 5.41) is 3.42. The predicted octanol–water partition coefficient (Wildman–Crippen LogP) is 1.19. The summed E-state index contributed by atoms with van der Waals surface area (Å²) in [6.45, 7) is 3.68. The first-order valence-corrected chi connectivity index (χ1v) is 5.86. The Morgan fingerprint density at radius 2 is 1.88 bits per heavy atom. The molecule has 0 atom stereocenters. The van der Waals surface area contributed by atoms with Crippen LogP contribution in [-0.4, -0.2) is 32.1 Å². The van der Waals surface area contributed by atoms with Crippen molar-refractivity contribution in [1.82, 2.24) is 10.2 Å². The molecule has 0 amide bonds. The molecule has 0 fully saturated rings. The molecular formula is C13H23N3. The van der Waals surface area contributed by atoms with Crippen LogP contribution < -0.4 is 11.1 Å². The van der Waals surface area contributed by atoms with Crippen LogP contribution in [0.25, 0.3) is 0 Å². The average molecular weight is 221 g/mol. The molecule has 0 unspecified atom stereocenters. The second-order valence-electron chi connectivity index (χ2n) is 4.33. The zero-order valence-electron chi connectivity index (χ0n) is 10.4. The van der Waals surface area contributed by atoms with E-state index in [1.165, 1.54) is 11.1 Å². The quantitative estimate of drug-likeness (QED) is 0.680. The van der Waals surface area contributed by atoms with Crippen LogP contribution in [0.5, 0.6) is 0 Å². The van der Waals surface area contributed by atoms with E-state index >= 15 is 0 Å². The van der Waals surface area contributed by atoms with Crippen LogP contribution in [0, 0.1) is 0 Å². The van der Waals surface area contributed by atoms with Crippen LogP contribution in [0.3, 0.4) is 0 Å². The molecule has 0 aromatic heterocycles. The van der Waals surface area contributed by atoms with Gasteiger partial charge in [-0.1, -0.05) is 24.3 Å². The van der Waals surface area contributed by atoms with Crippen molar-refractivity contribution in [3.8, 4) is 0 Å². The molecule has 0 heterocycles. The number of benzene rings is 1. The lowest BCUT2D eigenvalue weighted by Gasteiger charge is -2.14. The van der Waals surface area contributed by atoms with Gasteiger partial charge in [-0.3, -0.25) is 0 Å². The van der Waals surface area contributed by atoms with Gasteiger partial charge >= 0.3 is 0 Å². The summed E-state index contributed by atoms with van der Waals surface area (Å²) in [6.07, 6.45) is 1.04. The molecule has 3 nitrogen and oxygen atoms in total. The predicted molar refractivity (Wildman–Crippen MR) is 69.2 cm³/mol. The third-order valence-corrected chi connectivity index (χ3v) is 2.48. The Bertz CT molecular complexity index is 297. The Balaban J connectivity index is 2.50. The van der Waals surface area contributed by atoms with Crippen molar-refractivity contribution in [2.45, 2.75) is 19.5 Å². The van der Waals surface area contributed by atoms with Gasteiger partial charge < -0.3 is 16.0 Å². The molecule has 3 N–H and O–H groups in total. The van der Waals surface area contributed by atoms with Crippen molar-refractivity contribution in [2.75, 3.05) is 27.2 Å². The van der Waals surface area contributed by atoms with Crippen LogP contribution in [0.4, 0.5) is 0 Å². The minimum absolute atomic E-state index is 0.756. The Morgan fingerprint density at radius 1 is 1.19 bits per heavy atom. The van der Waals surface area contributed by atoms with Gasteiger partial charge in [0.1, 0.15) is 0 Å². The number of nitrogens with zero attached hydrogens (tertiary/aromatic N) is 1. The summed E-state index contributed by atoms with van der Waals surface area (Å²) in [5.41, 5.74) is 8.24. The number of hydrogen-bond acceptors (Lipinski definition) is 3. The van der Waals surface area contributed by atoms with E-state index in [2.05, 4.69) is 48.6 Å². The maximum Gasteiger partial charge on any atom is 0.0230 e. The average Bonchev–Trinajstić information content (AvgIpc) is 2.26. The Labute approximate surface area is 98.6 Å². The van der Waals surface area contributed by atoms with Gasteiger partial charge in [0.05, 0.1) is 0 Å². The third kappa shape index (κ3) is 4.75. The molecule has 0 aliphatic rings. The standard InChI is InChI=1S/C13H23N3/c1-16(2)11-13-7-4-3-6-12(13)10-15-9-5-8-14/h3-4,6-7,15H,5,8-11,14H2,1-2H3. The number of rotatable bonds is 7. The van der Waals surface area contributed by atoms with Crippen LogP contribution in [0.1, 0.15) is 17.5 Å². The molecule has 1 aromatic carbocycles. The SMILES string of the molecule is CN(C)Cc1ccccc1CNCCCN. The van der Waals surface area contributed by atoms with E-state index in [4.69, 9.17) is 5.73 Å². The highest BCUT2D eigenvalue weighted by Crippen LogP contribution is 2.10. The van der Waals surface area contributed by atoms with Gasteiger partial charge in [0.15, 0.2) is 0 Å². The van der Waals surface area contributed by atoms with Crippen LogP contribution in [0.15, 0.2) is 24.3 Å². The summed E-state index contributed by atoms with van der Waals surface area (Å²) in [6, 6.07) is 8.58. The molecule has 0 saturated carbocycles. The first-order chi connectivity index (χ1) is 7.74. The van der Waals surface area contributed by atoms with Gasteiger partial charge in [-0.05, 0) is 44.7 Å². The number of hydrogen-bond donors (Lipinski definition) is 2. The summed E-state index contributed by atoms with van der Waals surface area (Å²) >= 11 is 0. The minimum atomic E-state index is 0.756. The van der Waals surface area contributed by atoms with Crippen molar-refractivity contribution in [3.63, 3.8) is 0 Å². The summed E-state index contributed by atoms with van der Waals surface area (Å²) in [5.74, 6) is 0. The van der Waals surface area contributed by atoms with E-state index in [0.29, 0.717) is 0 Å². The fourth-order valence-corrected chi connectivity index (χ4v) is 1.68. The molecule has 1 aromatic rings. The molecule has 1 rings (SSSR count). The molecule has 0 radical (unpaired) electrons.